The zero-order valence-corrected chi connectivity index (χ0v) is 12.1. The van der Waals surface area contributed by atoms with Crippen molar-refractivity contribution in [3.05, 3.63) is 46.5 Å². The zero-order chi connectivity index (χ0) is 13.8. The summed E-state index contributed by atoms with van der Waals surface area (Å²) in [6.07, 6.45) is 3.29. The lowest BCUT2D eigenvalue weighted by atomic mass is 10.2. The van der Waals surface area contributed by atoms with Gasteiger partial charge in [-0.1, -0.05) is 15.9 Å². The van der Waals surface area contributed by atoms with E-state index in [2.05, 4.69) is 26.2 Å². The third kappa shape index (κ3) is 3.65. The van der Waals surface area contributed by atoms with Crippen molar-refractivity contribution < 1.29 is 4.79 Å². The molecule has 2 rings (SSSR count). The summed E-state index contributed by atoms with van der Waals surface area (Å²) in [5, 5.41) is 2.82. The molecule has 5 nitrogen and oxygen atoms in total. The highest BCUT2D eigenvalue weighted by atomic mass is 79.9. The van der Waals surface area contributed by atoms with Crippen molar-refractivity contribution in [2.75, 3.05) is 11.9 Å². The molecule has 19 heavy (non-hydrogen) atoms. The Morgan fingerprint density at radius 1 is 1.47 bits per heavy atom. The van der Waals surface area contributed by atoms with Gasteiger partial charge in [0.05, 0.1) is 6.33 Å². The van der Waals surface area contributed by atoms with Gasteiger partial charge < -0.3 is 15.6 Å². The monoisotopic (exact) mass is 322 g/mol. The van der Waals surface area contributed by atoms with Crippen LogP contribution >= 0.6 is 15.9 Å². The van der Waals surface area contributed by atoms with Crippen LogP contribution in [0, 0.1) is 6.92 Å². The molecular weight excluding hydrogens is 308 g/mol. The minimum Gasteiger partial charge on any atom is -0.335 e. The van der Waals surface area contributed by atoms with Gasteiger partial charge in [0.25, 0.3) is 5.91 Å². The fraction of sp³-hybridized carbons (Fsp3) is 0.231. The molecule has 1 amide bonds. The van der Waals surface area contributed by atoms with E-state index in [1.54, 1.807) is 17.1 Å². The van der Waals surface area contributed by atoms with E-state index in [4.69, 9.17) is 5.73 Å². The number of halogens is 1. The standard InChI is InChI=1S/C13H15BrN4O/c1-9-4-10(14)6-11(5-9)17-13(19)12-7-18(3-2-15)8-16-12/h4-8H,2-3,15H2,1H3,(H,17,19). The normalized spacial score (nSPS) is 10.5. The first-order chi connectivity index (χ1) is 9.08. The average molecular weight is 323 g/mol. The SMILES string of the molecule is Cc1cc(Br)cc(NC(=O)c2cn(CCN)cn2)c1. The summed E-state index contributed by atoms with van der Waals surface area (Å²) >= 11 is 3.40. The quantitative estimate of drug-likeness (QED) is 0.906. The topological polar surface area (TPSA) is 72.9 Å². The van der Waals surface area contributed by atoms with Crippen molar-refractivity contribution in [1.29, 1.82) is 0 Å². The van der Waals surface area contributed by atoms with Gasteiger partial charge in [-0.2, -0.15) is 0 Å². The maximum absolute atomic E-state index is 12.0. The molecule has 3 N–H and O–H groups in total. The number of hydrogen-bond donors (Lipinski definition) is 2. The van der Waals surface area contributed by atoms with Crippen molar-refractivity contribution in [3.8, 4) is 0 Å². The number of anilines is 1. The van der Waals surface area contributed by atoms with Gasteiger partial charge in [-0.3, -0.25) is 4.79 Å². The van der Waals surface area contributed by atoms with Crippen LogP contribution in [0.15, 0.2) is 35.2 Å². The van der Waals surface area contributed by atoms with E-state index in [1.165, 1.54) is 0 Å². The minimum absolute atomic E-state index is 0.228. The van der Waals surface area contributed by atoms with Crippen LogP contribution in [-0.4, -0.2) is 22.0 Å². The van der Waals surface area contributed by atoms with Gasteiger partial charge in [-0.15, -0.1) is 0 Å². The summed E-state index contributed by atoms with van der Waals surface area (Å²) in [5.41, 5.74) is 7.64. The number of carbonyl (C=O) groups excluding carboxylic acids is 1. The minimum atomic E-state index is -0.228. The Morgan fingerprint density at radius 2 is 2.26 bits per heavy atom. The zero-order valence-electron chi connectivity index (χ0n) is 10.6. The smallest absolute Gasteiger partial charge is 0.275 e. The Balaban J connectivity index is 2.11. The summed E-state index contributed by atoms with van der Waals surface area (Å²) in [4.78, 5) is 16.1. The number of rotatable bonds is 4. The van der Waals surface area contributed by atoms with Crippen LogP contribution in [0.4, 0.5) is 5.69 Å². The first-order valence-electron chi connectivity index (χ1n) is 5.89. The van der Waals surface area contributed by atoms with Crippen LogP contribution in [0.2, 0.25) is 0 Å². The fourth-order valence-corrected chi connectivity index (χ4v) is 2.36. The van der Waals surface area contributed by atoms with Gasteiger partial charge in [0.15, 0.2) is 0 Å². The summed E-state index contributed by atoms with van der Waals surface area (Å²) in [6, 6.07) is 5.73. The molecule has 0 fully saturated rings. The van der Waals surface area contributed by atoms with Crippen molar-refractivity contribution in [3.63, 3.8) is 0 Å². The molecule has 100 valence electrons. The Bertz CT molecular complexity index is 574. The van der Waals surface area contributed by atoms with Gasteiger partial charge in [0.2, 0.25) is 0 Å². The molecule has 0 saturated carbocycles. The molecule has 1 aromatic heterocycles. The largest absolute Gasteiger partial charge is 0.335 e. The lowest BCUT2D eigenvalue weighted by Gasteiger charge is -2.05. The van der Waals surface area contributed by atoms with Crippen LogP contribution in [0.5, 0.6) is 0 Å². The summed E-state index contributed by atoms with van der Waals surface area (Å²) in [5.74, 6) is -0.228. The Hall–Kier alpha value is -1.66. The fourth-order valence-electron chi connectivity index (χ4n) is 1.75. The number of benzene rings is 1. The number of nitrogens with one attached hydrogen (secondary N) is 1. The molecule has 0 unspecified atom stereocenters. The Morgan fingerprint density at radius 3 is 2.95 bits per heavy atom. The molecule has 2 aromatic rings. The third-order valence-corrected chi connectivity index (χ3v) is 3.01. The van der Waals surface area contributed by atoms with E-state index in [-0.39, 0.29) is 5.91 Å². The van der Waals surface area contributed by atoms with E-state index in [1.807, 2.05) is 25.1 Å². The summed E-state index contributed by atoms with van der Waals surface area (Å²) < 4.78 is 2.72. The molecule has 0 aliphatic rings. The van der Waals surface area contributed by atoms with E-state index in [0.717, 1.165) is 15.7 Å². The molecule has 1 aromatic carbocycles. The molecule has 0 bridgehead atoms. The average Bonchev–Trinajstić information content (AvgIpc) is 2.76. The first kappa shape index (κ1) is 13.8. The second kappa shape index (κ2) is 5.99. The number of nitrogens with two attached hydrogens (primary N) is 1. The van der Waals surface area contributed by atoms with E-state index in [9.17, 15) is 4.79 Å². The first-order valence-corrected chi connectivity index (χ1v) is 6.68. The van der Waals surface area contributed by atoms with E-state index >= 15 is 0 Å². The maximum atomic E-state index is 12.0. The highest BCUT2D eigenvalue weighted by Gasteiger charge is 2.10. The number of aryl methyl sites for hydroxylation is 1. The van der Waals surface area contributed by atoms with Crippen molar-refractivity contribution >= 4 is 27.5 Å². The molecule has 0 spiro atoms. The van der Waals surface area contributed by atoms with Gasteiger partial charge >= 0.3 is 0 Å². The van der Waals surface area contributed by atoms with Crippen LogP contribution in [0.3, 0.4) is 0 Å². The molecular formula is C13H15BrN4O. The maximum Gasteiger partial charge on any atom is 0.275 e. The van der Waals surface area contributed by atoms with Crippen molar-refractivity contribution in [2.24, 2.45) is 5.73 Å². The van der Waals surface area contributed by atoms with E-state index in [0.29, 0.717) is 18.8 Å². The Kier molecular flexibility index (Phi) is 4.34. The van der Waals surface area contributed by atoms with Crippen molar-refractivity contribution in [1.82, 2.24) is 9.55 Å². The molecule has 6 heteroatoms. The third-order valence-electron chi connectivity index (χ3n) is 2.55. The molecule has 0 aliphatic heterocycles. The number of aromatic nitrogens is 2. The lowest BCUT2D eigenvalue weighted by Crippen LogP contribution is -2.13. The summed E-state index contributed by atoms with van der Waals surface area (Å²) in [7, 11) is 0. The molecule has 0 atom stereocenters. The number of amides is 1. The number of imidazole rings is 1. The Labute approximate surface area is 120 Å². The predicted octanol–water partition coefficient (Wildman–Crippen LogP) is 2.17. The van der Waals surface area contributed by atoms with E-state index < -0.39 is 0 Å². The van der Waals surface area contributed by atoms with Crippen molar-refractivity contribution in [2.45, 2.75) is 13.5 Å². The van der Waals surface area contributed by atoms with Gasteiger partial charge in [-0.25, -0.2) is 4.98 Å². The number of nitrogens with zero attached hydrogens (tertiary/aromatic N) is 2. The molecule has 0 radical (unpaired) electrons. The van der Waals surface area contributed by atoms with Gasteiger partial charge in [0, 0.05) is 29.4 Å². The second-order valence-corrected chi connectivity index (χ2v) is 5.17. The lowest BCUT2D eigenvalue weighted by molar-refractivity contribution is 0.102. The molecule has 0 aliphatic carbocycles. The number of carbonyl (C=O) groups is 1. The molecule has 0 saturated heterocycles. The van der Waals surface area contributed by atoms with Crippen LogP contribution in [0.25, 0.3) is 0 Å². The summed E-state index contributed by atoms with van der Waals surface area (Å²) in [6.45, 7) is 3.13. The van der Waals surface area contributed by atoms with Gasteiger partial charge in [0.1, 0.15) is 5.69 Å². The predicted molar refractivity (Wildman–Crippen MR) is 78.1 cm³/mol. The van der Waals surface area contributed by atoms with Crippen LogP contribution in [0.1, 0.15) is 16.1 Å². The highest BCUT2D eigenvalue weighted by molar-refractivity contribution is 9.10. The second-order valence-electron chi connectivity index (χ2n) is 4.26. The van der Waals surface area contributed by atoms with Gasteiger partial charge in [-0.05, 0) is 30.7 Å². The number of hydrogen-bond acceptors (Lipinski definition) is 3. The van der Waals surface area contributed by atoms with Crippen LogP contribution in [-0.2, 0) is 6.54 Å². The molecule has 1 heterocycles. The highest BCUT2D eigenvalue weighted by Crippen LogP contribution is 2.19. The van der Waals surface area contributed by atoms with Crippen LogP contribution < -0.4 is 11.1 Å².